The summed E-state index contributed by atoms with van der Waals surface area (Å²) >= 11 is 0. The van der Waals surface area contributed by atoms with Gasteiger partial charge in [-0.25, -0.2) is 4.98 Å². The second kappa shape index (κ2) is 4.42. The number of nitrogens with one attached hydrogen (secondary N) is 1. The summed E-state index contributed by atoms with van der Waals surface area (Å²) in [4.78, 5) is 18.3. The molecule has 94 valence electrons. The van der Waals surface area contributed by atoms with Crippen LogP contribution in [0.4, 0.5) is 0 Å². The summed E-state index contributed by atoms with van der Waals surface area (Å²) in [5, 5.41) is 3.32. The third kappa shape index (κ3) is 1.97. The minimum absolute atomic E-state index is 0.0571. The van der Waals surface area contributed by atoms with Crippen LogP contribution in [0.2, 0.25) is 0 Å². The van der Waals surface area contributed by atoms with Crippen LogP contribution in [0.25, 0.3) is 11.1 Å². The molecule has 1 aromatic carbocycles. The molecule has 5 nitrogen and oxygen atoms in total. The number of hydrogen-bond donors (Lipinski definition) is 1. The zero-order valence-electron chi connectivity index (χ0n) is 10.2. The van der Waals surface area contributed by atoms with Crippen LogP contribution >= 0.6 is 0 Å². The predicted octanol–water partition coefficient (Wildman–Crippen LogP) is 1.26. The maximum atomic E-state index is 12.3. The number of carbonyl (C=O) groups excluding carboxylic acids is 1. The van der Waals surface area contributed by atoms with E-state index < -0.39 is 0 Å². The van der Waals surface area contributed by atoms with Gasteiger partial charge in [0.1, 0.15) is 5.52 Å². The van der Waals surface area contributed by atoms with Crippen LogP contribution in [0.5, 0.6) is 0 Å². The summed E-state index contributed by atoms with van der Waals surface area (Å²) in [7, 11) is 0. The highest BCUT2D eigenvalue weighted by molar-refractivity contribution is 5.97. The third-order valence-electron chi connectivity index (χ3n) is 3.23. The van der Waals surface area contributed by atoms with Crippen LogP contribution in [-0.4, -0.2) is 41.5 Å². The van der Waals surface area contributed by atoms with E-state index in [0.29, 0.717) is 17.2 Å². The number of amides is 1. The Morgan fingerprint density at radius 1 is 1.56 bits per heavy atom. The van der Waals surface area contributed by atoms with E-state index in [2.05, 4.69) is 17.2 Å². The largest absolute Gasteiger partial charge is 0.443 e. The Morgan fingerprint density at radius 2 is 2.44 bits per heavy atom. The Labute approximate surface area is 105 Å². The van der Waals surface area contributed by atoms with Crippen LogP contribution in [0.15, 0.2) is 29.0 Å². The van der Waals surface area contributed by atoms with Gasteiger partial charge >= 0.3 is 0 Å². The van der Waals surface area contributed by atoms with Gasteiger partial charge in [0.25, 0.3) is 5.91 Å². The molecule has 1 atom stereocenters. The highest BCUT2D eigenvalue weighted by Crippen LogP contribution is 2.16. The van der Waals surface area contributed by atoms with Gasteiger partial charge < -0.3 is 14.6 Å². The quantitative estimate of drug-likeness (QED) is 0.821. The van der Waals surface area contributed by atoms with Crippen LogP contribution in [-0.2, 0) is 0 Å². The number of nitrogens with zero attached hydrogens (tertiary/aromatic N) is 2. The lowest BCUT2D eigenvalue weighted by molar-refractivity contribution is 0.0709. The standard InChI is InChI=1S/C13H15N3O2/c1-9-7-16(5-4-14-9)13(17)10-2-3-11-12(6-10)18-8-15-11/h2-3,6,8-9,14H,4-5,7H2,1H3. The molecule has 1 N–H and O–H groups in total. The van der Waals surface area contributed by atoms with Gasteiger partial charge in [-0.15, -0.1) is 0 Å². The fraction of sp³-hybridized carbons (Fsp3) is 0.385. The van der Waals surface area contributed by atoms with Gasteiger partial charge in [0, 0.05) is 31.2 Å². The normalized spacial score (nSPS) is 20.3. The van der Waals surface area contributed by atoms with E-state index >= 15 is 0 Å². The second-order valence-electron chi connectivity index (χ2n) is 4.64. The maximum Gasteiger partial charge on any atom is 0.254 e. The first-order valence-electron chi connectivity index (χ1n) is 6.10. The summed E-state index contributed by atoms with van der Waals surface area (Å²) in [6, 6.07) is 5.73. The van der Waals surface area contributed by atoms with Gasteiger partial charge in [0.2, 0.25) is 0 Å². The number of carbonyl (C=O) groups is 1. The van der Waals surface area contributed by atoms with E-state index in [4.69, 9.17) is 4.42 Å². The average Bonchev–Trinajstić information content (AvgIpc) is 2.85. The molecule has 1 unspecified atom stereocenters. The maximum absolute atomic E-state index is 12.3. The molecule has 3 rings (SSSR count). The van der Waals surface area contributed by atoms with Crippen molar-refractivity contribution >= 4 is 17.0 Å². The Kier molecular flexibility index (Phi) is 2.76. The number of piperazine rings is 1. The fourth-order valence-corrected chi connectivity index (χ4v) is 2.29. The number of benzene rings is 1. The van der Waals surface area contributed by atoms with E-state index in [9.17, 15) is 4.79 Å². The molecule has 18 heavy (non-hydrogen) atoms. The van der Waals surface area contributed by atoms with E-state index in [-0.39, 0.29) is 5.91 Å². The number of fused-ring (bicyclic) bond motifs is 1. The summed E-state index contributed by atoms with van der Waals surface area (Å²) in [6.07, 6.45) is 1.39. The van der Waals surface area contributed by atoms with Crippen molar-refractivity contribution < 1.29 is 9.21 Å². The minimum atomic E-state index is 0.0571. The van der Waals surface area contributed by atoms with E-state index in [1.54, 1.807) is 12.1 Å². The minimum Gasteiger partial charge on any atom is -0.443 e. The molecule has 1 aromatic heterocycles. The fourth-order valence-electron chi connectivity index (χ4n) is 2.29. The van der Waals surface area contributed by atoms with Crippen LogP contribution in [0.1, 0.15) is 17.3 Å². The zero-order valence-corrected chi connectivity index (χ0v) is 10.2. The van der Waals surface area contributed by atoms with Gasteiger partial charge in [-0.3, -0.25) is 4.79 Å². The summed E-state index contributed by atoms with van der Waals surface area (Å²) in [5.41, 5.74) is 2.10. The van der Waals surface area contributed by atoms with E-state index in [1.165, 1.54) is 6.39 Å². The molecule has 0 saturated carbocycles. The molecular formula is C13H15N3O2. The van der Waals surface area contributed by atoms with Crippen molar-refractivity contribution in [2.75, 3.05) is 19.6 Å². The second-order valence-corrected chi connectivity index (χ2v) is 4.64. The summed E-state index contributed by atoms with van der Waals surface area (Å²) in [5.74, 6) is 0.0571. The molecular weight excluding hydrogens is 230 g/mol. The topological polar surface area (TPSA) is 58.4 Å². The summed E-state index contributed by atoms with van der Waals surface area (Å²) in [6.45, 7) is 4.42. The Hall–Kier alpha value is -1.88. The highest BCUT2D eigenvalue weighted by Gasteiger charge is 2.21. The third-order valence-corrected chi connectivity index (χ3v) is 3.23. The van der Waals surface area contributed by atoms with Gasteiger partial charge in [-0.05, 0) is 25.1 Å². The van der Waals surface area contributed by atoms with Gasteiger partial charge in [-0.2, -0.15) is 0 Å². The number of rotatable bonds is 1. The monoisotopic (exact) mass is 245 g/mol. The van der Waals surface area contributed by atoms with Gasteiger partial charge in [0.15, 0.2) is 12.0 Å². The molecule has 1 aliphatic rings. The first-order valence-corrected chi connectivity index (χ1v) is 6.10. The van der Waals surface area contributed by atoms with Gasteiger partial charge in [-0.1, -0.05) is 0 Å². The van der Waals surface area contributed by atoms with Crippen molar-refractivity contribution in [2.24, 2.45) is 0 Å². The summed E-state index contributed by atoms with van der Waals surface area (Å²) < 4.78 is 5.22. The number of hydrogen-bond acceptors (Lipinski definition) is 4. The van der Waals surface area contributed by atoms with Crippen LogP contribution < -0.4 is 5.32 Å². The van der Waals surface area contributed by atoms with Crippen LogP contribution in [0.3, 0.4) is 0 Å². The zero-order chi connectivity index (χ0) is 12.5. The van der Waals surface area contributed by atoms with Crippen molar-refractivity contribution in [3.05, 3.63) is 30.2 Å². The Morgan fingerprint density at radius 3 is 3.28 bits per heavy atom. The Balaban J connectivity index is 1.86. The molecule has 2 aromatic rings. The molecule has 5 heteroatoms. The molecule has 1 amide bonds. The molecule has 0 bridgehead atoms. The van der Waals surface area contributed by atoms with Gasteiger partial charge in [0.05, 0.1) is 0 Å². The first kappa shape index (κ1) is 11.2. The van der Waals surface area contributed by atoms with Crippen LogP contribution in [0, 0.1) is 0 Å². The van der Waals surface area contributed by atoms with Crippen molar-refractivity contribution in [1.29, 1.82) is 0 Å². The van der Waals surface area contributed by atoms with Crippen molar-refractivity contribution in [3.8, 4) is 0 Å². The van der Waals surface area contributed by atoms with Crippen molar-refractivity contribution in [2.45, 2.75) is 13.0 Å². The number of oxazole rings is 1. The molecule has 1 fully saturated rings. The predicted molar refractivity (Wildman–Crippen MR) is 67.4 cm³/mol. The molecule has 0 spiro atoms. The highest BCUT2D eigenvalue weighted by atomic mass is 16.3. The molecule has 2 heterocycles. The molecule has 1 aliphatic heterocycles. The molecule has 0 radical (unpaired) electrons. The number of aromatic nitrogens is 1. The lowest BCUT2D eigenvalue weighted by Gasteiger charge is -2.31. The average molecular weight is 245 g/mol. The lowest BCUT2D eigenvalue weighted by atomic mass is 10.1. The SMILES string of the molecule is CC1CN(C(=O)c2ccc3ncoc3c2)CCN1. The lowest BCUT2D eigenvalue weighted by Crippen LogP contribution is -2.51. The smallest absolute Gasteiger partial charge is 0.254 e. The van der Waals surface area contributed by atoms with E-state index in [0.717, 1.165) is 25.2 Å². The van der Waals surface area contributed by atoms with E-state index in [1.807, 2.05) is 11.0 Å². The Bertz CT molecular complexity index is 578. The molecule has 1 saturated heterocycles. The first-order chi connectivity index (χ1) is 8.74. The van der Waals surface area contributed by atoms with Crippen molar-refractivity contribution in [3.63, 3.8) is 0 Å². The molecule has 0 aliphatic carbocycles. The van der Waals surface area contributed by atoms with Crippen molar-refractivity contribution in [1.82, 2.24) is 15.2 Å².